The number of nitrogens with zero attached hydrogens (tertiary/aromatic N) is 2. The third-order valence-corrected chi connectivity index (χ3v) is 3.49. The number of benzene rings is 1. The summed E-state index contributed by atoms with van der Waals surface area (Å²) in [5.41, 5.74) is 0.295. The van der Waals surface area contributed by atoms with Crippen molar-refractivity contribution < 1.29 is 18.8 Å². The van der Waals surface area contributed by atoms with Gasteiger partial charge in [0.25, 0.3) is 11.5 Å². The topological polar surface area (TPSA) is 127 Å². The van der Waals surface area contributed by atoms with Crippen molar-refractivity contribution in [3.8, 4) is 0 Å². The minimum atomic E-state index is -0.577. The van der Waals surface area contributed by atoms with Gasteiger partial charge in [-0.2, -0.15) is 0 Å². The summed E-state index contributed by atoms with van der Waals surface area (Å²) in [7, 11) is 0. The number of carbonyl (C=O) groups is 2. The van der Waals surface area contributed by atoms with Crippen LogP contribution in [0.5, 0.6) is 0 Å². The molecule has 2 aromatic heterocycles. The number of aryl methyl sites for hydroxylation is 2. The Morgan fingerprint density at radius 3 is 2.88 bits per heavy atom. The number of amides is 1. The van der Waals surface area contributed by atoms with E-state index < -0.39 is 18.5 Å². The Labute approximate surface area is 147 Å². The Morgan fingerprint density at radius 2 is 2.12 bits per heavy atom. The number of anilines is 1. The maximum absolute atomic E-state index is 12.0. The van der Waals surface area contributed by atoms with E-state index in [1.807, 2.05) is 0 Å². The summed E-state index contributed by atoms with van der Waals surface area (Å²) in [4.78, 5) is 42.3. The number of rotatable bonds is 6. The van der Waals surface area contributed by atoms with Crippen molar-refractivity contribution in [3.05, 3.63) is 52.3 Å². The van der Waals surface area contributed by atoms with Crippen molar-refractivity contribution in [2.24, 2.45) is 0 Å². The van der Waals surface area contributed by atoms with E-state index in [-0.39, 0.29) is 24.2 Å². The molecule has 3 rings (SSSR count). The second kappa shape index (κ2) is 7.60. The van der Waals surface area contributed by atoms with Crippen LogP contribution in [0.25, 0.3) is 10.9 Å². The summed E-state index contributed by atoms with van der Waals surface area (Å²) in [6.07, 6.45) is 0.181. The molecule has 0 radical (unpaired) electrons. The molecular formula is C17H16N4O5. The molecule has 26 heavy (non-hydrogen) atoms. The maximum atomic E-state index is 12.0. The smallest absolute Gasteiger partial charge is 0.306 e. The van der Waals surface area contributed by atoms with Gasteiger partial charge in [0.2, 0.25) is 0 Å². The van der Waals surface area contributed by atoms with Crippen LogP contribution in [-0.4, -0.2) is 33.6 Å². The van der Waals surface area contributed by atoms with Gasteiger partial charge in [-0.3, -0.25) is 14.4 Å². The number of nitrogens with one attached hydrogen (secondary N) is 2. The van der Waals surface area contributed by atoms with Crippen LogP contribution >= 0.6 is 0 Å². The van der Waals surface area contributed by atoms with Gasteiger partial charge < -0.3 is 19.6 Å². The van der Waals surface area contributed by atoms with Crippen LogP contribution in [0.4, 0.5) is 5.82 Å². The monoisotopic (exact) mass is 356 g/mol. The van der Waals surface area contributed by atoms with Crippen LogP contribution < -0.4 is 10.9 Å². The predicted molar refractivity (Wildman–Crippen MR) is 91.5 cm³/mol. The van der Waals surface area contributed by atoms with Gasteiger partial charge in [-0.15, -0.1) is 0 Å². The molecule has 9 nitrogen and oxygen atoms in total. The molecule has 1 aromatic carbocycles. The molecule has 2 N–H and O–H groups in total. The summed E-state index contributed by atoms with van der Waals surface area (Å²) in [6, 6.07) is 8.47. The molecule has 134 valence electrons. The van der Waals surface area contributed by atoms with Crippen molar-refractivity contribution in [2.75, 3.05) is 11.9 Å². The largest absolute Gasteiger partial charge is 0.456 e. The molecule has 3 aromatic rings. The third-order valence-electron chi connectivity index (χ3n) is 3.49. The molecule has 0 fully saturated rings. The van der Waals surface area contributed by atoms with Gasteiger partial charge in [-0.1, -0.05) is 17.3 Å². The van der Waals surface area contributed by atoms with Crippen LogP contribution in [0.2, 0.25) is 0 Å². The predicted octanol–water partition coefficient (Wildman–Crippen LogP) is 1.33. The fourth-order valence-corrected chi connectivity index (χ4v) is 2.30. The SMILES string of the molecule is Cc1cc(NC(=O)COC(=O)CCc2nc3ccccc3c(=O)[nH]2)no1. The zero-order chi connectivity index (χ0) is 18.5. The molecule has 0 atom stereocenters. The fourth-order valence-electron chi connectivity index (χ4n) is 2.30. The van der Waals surface area contributed by atoms with Gasteiger partial charge in [0.15, 0.2) is 12.4 Å². The highest BCUT2D eigenvalue weighted by Gasteiger charge is 2.11. The maximum Gasteiger partial charge on any atom is 0.306 e. The average molecular weight is 356 g/mol. The van der Waals surface area contributed by atoms with Gasteiger partial charge in [0.05, 0.1) is 17.3 Å². The van der Waals surface area contributed by atoms with Crippen LogP contribution in [0.3, 0.4) is 0 Å². The van der Waals surface area contributed by atoms with E-state index in [9.17, 15) is 14.4 Å². The number of hydrogen-bond donors (Lipinski definition) is 2. The Morgan fingerprint density at radius 1 is 1.31 bits per heavy atom. The van der Waals surface area contributed by atoms with Crippen molar-refractivity contribution in [1.29, 1.82) is 0 Å². The van der Waals surface area contributed by atoms with E-state index in [2.05, 4.69) is 20.4 Å². The molecule has 0 aliphatic rings. The Hall–Kier alpha value is -3.49. The second-order valence-electron chi connectivity index (χ2n) is 5.56. The number of aromatic amines is 1. The van der Waals surface area contributed by atoms with E-state index in [4.69, 9.17) is 9.26 Å². The molecule has 0 saturated heterocycles. The third kappa shape index (κ3) is 4.32. The zero-order valence-corrected chi connectivity index (χ0v) is 13.9. The standard InChI is InChI=1S/C17H16N4O5/c1-10-8-14(21-26-10)19-15(22)9-25-16(23)7-6-13-18-12-5-3-2-4-11(12)17(24)20-13/h2-5,8H,6-7,9H2,1H3,(H,18,20,24)(H,19,21,22). The summed E-state index contributed by atoms with van der Waals surface area (Å²) in [6.45, 7) is 1.25. The number of ether oxygens (including phenoxy) is 1. The van der Waals surface area contributed by atoms with E-state index in [1.165, 1.54) is 0 Å². The van der Waals surface area contributed by atoms with Crippen LogP contribution in [0.1, 0.15) is 18.0 Å². The number of para-hydroxylation sites is 1. The molecule has 0 unspecified atom stereocenters. The first-order valence-electron chi connectivity index (χ1n) is 7.88. The summed E-state index contributed by atoms with van der Waals surface area (Å²) in [5, 5.41) is 6.53. The van der Waals surface area contributed by atoms with Gasteiger partial charge in [0, 0.05) is 12.5 Å². The lowest BCUT2D eigenvalue weighted by atomic mass is 10.2. The number of esters is 1. The van der Waals surface area contributed by atoms with Crippen LogP contribution in [0.15, 0.2) is 39.6 Å². The first-order chi connectivity index (χ1) is 12.5. The first kappa shape index (κ1) is 17.3. The molecule has 0 spiro atoms. The molecule has 0 aliphatic heterocycles. The van der Waals surface area contributed by atoms with Gasteiger partial charge in [-0.25, -0.2) is 4.98 Å². The molecule has 1 amide bonds. The van der Waals surface area contributed by atoms with Gasteiger partial charge >= 0.3 is 5.97 Å². The Bertz CT molecular complexity index is 1010. The minimum Gasteiger partial charge on any atom is -0.456 e. The van der Waals surface area contributed by atoms with Crippen LogP contribution in [-0.2, 0) is 20.7 Å². The summed E-state index contributed by atoms with van der Waals surface area (Å²) in [5.74, 6) is 0.0833. The van der Waals surface area contributed by atoms with Crippen molar-refractivity contribution >= 4 is 28.6 Å². The Kier molecular flexibility index (Phi) is 5.07. The van der Waals surface area contributed by atoms with Crippen molar-refractivity contribution in [1.82, 2.24) is 15.1 Å². The molecule has 0 bridgehead atoms. The molecular weight excluding hydrogens is 340 g/mol. The highest BCUT2D eigenvalue weighted by molar-refractivity contribution is 5.91. The molecule has 0 saturated carbocycles. The van der Waals surface area contributed by atoms with Crippen LogP contribution in [0, 0.1) is 6.92 Å². The molecule has 9 heteroatoms. The van der Waals surface area contributed by atoms with Crippen molar-refractivity contribution in [2.45, 2.75) is 19.8 Å². The van der Waals surface area contributed by atoms with Crippen molar-refractivity contribution in [3.63, 3.8) is 0 Å². The van der Waals surface area contributed by atoms with Gasteiger partial charge in [-0.05, 0) is 19.1 Å². The highest BCUT2D eigenvalue weighted by Crippen LogP contribution is 2.08. The number of H-pyrrole nitrogens is 1. The lowest BCUT2D eigenvalue weighted by Crippen LogP contribution is -2.21. The average Bonchev–Trinajstić information content (AvgIpc) is 3.03. The van der Waals surface area contributed by atoms with E-state index >= 15 is 0 Å². The summed E-state index contributed by atoms with van der Waals surface area (Å²) >= 11 is 0. The Balaban J connectivity index is 1.49. The van der Waals surface area contributed by atoms with E-state index in [0.29, 0.717) is 22.5 Å². The number of carbonyl (C=O) groups excluding carboxylic acids is 2. The highest BCUT2D eigenvalue weighted by atomic mass is 16.5. The number of aromatic nitrogens is 3. The normalized spacial score (nSPS) is 10.7. The van der Waals surface area contributed by atoms with E-state index in [0.717, 1.165) is 0 Å². The lowest BCUT2D eigenvalue weighted by molar-refractivity contribution is -0.147. The number of fused-ring (bicyclic) bond motifs is 1. The van der Waals surface area contributed by atoms with E-state index in [1.54, 1.807) is 37.3 Å². The number of hydrogen-bond acceptors (Lipinski definition) is 7. The second-order valence-corrected chi connectivity index (χ2v) is 5.56. The molecule has 2 heterocycles. The minimum absolute atomic E-state index is 0.0162. The molecule has 0 aliphatic carbocycles. The lowest BCUT2D eigenvalue weighted by Gasteiger charge is -2.05. The first-order valence-corrected chi connectivity index (χ1v) is 7.88. The zero-order valence-electron chi connectivity index (χ0n) is 13.9. The van der Waals surface area contributed by atoms with Gasteiger partial charge in [0.1, 0.15) is 11.6 Å². The fraction of sp³-hybridized carbons (Fsp3) is 0.235. The summed E-state index contributed by atoms with van der Waals surface area (Å²) < 4.78 is 9.70. The quantitative estimate of drug-likeness (QED) is 0.638.